The van der Waals surface area contributed by atoms with Crippen LogP contribution in [0.1, 0.15) is 47.4 Å². The maximum absolute atomic E-state index is 12.3. The number of aromatic amines is 1. The summed E-state index contributed by atoms with van der Waals surface area (Å²) in [5, 5.41) is 3.26. The largest absolute Gasteiger partial charge is 0.444 e. The first kappa shape index (κ1) is 17.5. The van der Waals surface area contributed by atoms with Crippen molar-refractivity contribution in [1.82, 2.24) is 20.2 Å². The molecule has 1 rings (SSSR count). The van der Waals surface area contributed by atoms with E-state index in [4.69, 9.17) is 4.74 Å². The second kappa shape index (κ2) is 6.93. The monoisotopic (exact) mass is 296 g/mol. The molecule has 0 fully saturated rings. The Labute approximate surface area is 127 Å². The predicted molar refractivity (Wildman–Crippen MR) is 83.0 cm³/mol. The van der Waals surface area contributed by atoms with Gasteiger partial charge in [-0.3, -0.25) is 0 Å². The molecule has 21 heavy (non-hydrogen) atoms. The van der Waals surface area contributed by atoms with Crippen molar-refractivity contribution in [1.29, 1.82) is 0 Å². The first-order valence-corrected chi connectivity index (χ1v) is 7.29. The van der Waals surface area contributed by atoms with Gasteiger partial charge in [0, 0.05) is 31.0 Å². The van der Waals surface area contributed by atoms with E-state index in [9.17, 15) is 4.79 Å². The smallest absolute Gasteiger partial charge is 0.410 e. The summed E-state index contributed by atoms with van der Waals surface area (Å²) in [7, 11) is 0. The Bertz CT molecular complexity index is 430. The molecule has 0 bridgehead atoms. The second-order valence-corrected chi connectivity index (χ2v) is 7.02. The first-order chi connectivity index (χ1) is 9.59. The van der Waals surface area contributed by atoms with E-state index in [1.807, 2.05) is 41.5 Å². The van der Waals surface area contributed by atoms with E-state index >= 15 is 0 Å². The normalized spacial score (nSPS) is 12.3. The van der Waals surface area contributed by atoms with Crippen LogP contribution in [-0.2, 0) is 11.3 Å². The third-order valence-electron chi connectivity index (χ3n) is 2.78. The average molecular weight is 296 g/mol. The average Bonchev–Trinajstić information content (AvgIpc) is 2.77. The fraction of sp³-hybridized carbons (Fsp3) is 0.733. The van der Waals surface area contributed by atoms with Gasteiger partial charge in [0.25, 0.3) is 0 Å². The molecule has 1 amide bonds. The fourth-order valence-electron chi connectivity index (χ4n) is 1.81. The maximum Gasteiger partial charge on any atom is 0.410 e. The number of nitrogens with zero attached hydrogens (tertiary/aromatic N) is 2. The predicted octanol–water partition coefficient (Wildman–Crippen LogP) is 2.53. The molecule has 0 saturated heterocycles. The number of H-pyrrole nitrogens is 1. The SMILES string of the molecule is CC(C)(C)OC(=O)N(CCNCc1ncc[nH]1)C(C)(C)C. The van der Waals surface area contributed by atoms with E-state index in [0.29, 0.717) is 19.6 Å². The van der Waals surface area contributed by atoms with Crippen LogP contribution in [0.4, 0.5) is 4.79 Å². The van der Waals surface area contributed by atoms with Crippen molar-refractivity contribution < 1.29 is 9.53 Å². The minimum absolute atomic E-state index is 0.283. The number of hydrogen-bond donors (Lipinski definition) is 2. The zero-order valence-electron chi connectivity index (χ0n) is 14.0. The van der Waals surface area contributed by atoms with E-state index in [1.54, 1.807) is 17.3 Å². The van der Waals surface area contributed by atoms with Gasteiger partial charge in [0.15, 0.2) is 0 Å². The molecule has 0 aliphatic heterocycles. The molecule has 0 saturated carbocycles. The van der Waals surface area contributed by atoms with Gasteiger partial charge in [0.05, 0.1) is 6.54 Å². The van der Waals surface area contributed by atoms with Crippen LogP contribution in [0.5, 0.6) is 0 Å². The zero-order chi connectivity index (χ0) is 16.1. The molecular weight excluding hydrogens is 268 g/mol. The maximum atomic E-state index is 12.3. The number of carbonyl (C=O) groups excluding carboxylic acids is 1. The van der Waals surface area contributed by atoms with Gasteiger partial charge < -0.3 is 19.9 Å². The Morgan fingerprint density at radius 1 is 1.33 bits per heavy atom. The van der Waals surface area contributed by atoms with Crippen LogP contribution in [0.3, 0.4) is 0 Å². The summed E-state index contributed by atoms with van der Waals surface area (Å²) in [4.78, 5) is 21.2. The quantitative estimate of drug-likeness (QED) is 0.819. The highest BCUT2D eigenvalue weighted by Crippen LogP contribution is 2.17. The number of ether oxygens (including phenoxy) is 1. The number of carbonyl (C=O) groups is 1. The molecule has 0 aliphatic carbocycles. The minimum atomic E-state index is -0.484. The van der Waals surface area contributed by atoms with E-state index in [1.165, 1.54) is 0 Å². The van der Waals surface area contributed by atoms with Crippen LogP contribution in [0.15, 0.2) is 12.4 Å². The highest BCUT2D eigenvalue weighted by atomic mass is 16.6. The molecule has 0 aliphatic rings. The lowest BCUT2D eigenvalue weighted by Gasteiger charge is -2.36. The van der Waals surface area contributed by atoms with Crippen LogP contribution < -0.4 is 5.32 Å². The van der Waals surface area contributed by atoms with Crippen LogP contribution >= 0.6 is 0 Å². The van der Waals surface area contributed by atoms with Gasteiger partial charge in [-0.05, 0) is 41.5 Å². The Kier molecular flexibility index (Phi) is 5.78. The van der Waals surface area contributed by atoms with Gasteiger partial charge >= 0.3 is 6.09 Å². The molecule has 0 spiro atoms. The molecule has 6 nitrogen and oxygen atoms in total. The topological polar surface area (TPSA) is 70.2 Å². The number of imidazole rings is 1. The number of aromatic nitrogens is 2. The fourth-order valence-corrected chi connectivity index (χ4v) is 1.81. The number of nitrogens with one attached hydrogen (secondary N) is 2. The number of rotatable bonds is 5. The molecule has 1 aromatic heterocycles. The van der Waals surface area contributed by atoms with Gasteiger partial charge in [-0.15, -0.1) is 0 Å². The lowest BCUT2D eigenvalue weighted by atomic mass is 10.1. The lowest BCUT2D eigenvalue weighted by molar-refractivity contribution is 0.00663. The third-order valence-corrected chi connectivity index (χ3v) is 2.78. The van der Waals surface area contributed by atoms with Crippen LogP contribution in [0.25, 0.3) is 0 Å². The molecule has 0 atom stereocenters. The van der Waals surface area contributed by atoms with Crippen LogP contribution in [-0.4, -0.2) is 45.2 Å². The van der Waals surface area contributed by atoms with Gasteiger partial charge in [-0.1, -0.05) is 0 Å². The van der Waals surface area contributed by atoms with Crippen LogP contribution in [0.2, 0.25) is 0 Å². The molecule has 1 aromatic rings. The Morgan fingerprint density at radius 3 is 2.48 bits per heavy atom. The van der Waals surface area contributed by atoms with Gasteiger partial charge in [-0.2, -0.15) is 0 Å². The van der Waals surface area contributed by atoms with E-state index in [-0.39, 0.29) is 11.6 Å². The molecular formula is C15H28N4O2. The summed E-state index contributed by atoms with van der Waals surface area (Å²) in [5.41, 5.74) is -0.767. The van der Waals surface area contributed by atoms with E-state index in [0.717, 1.165) is 5.82 Å². The zero-order valence-corrected chi connectivity index (χ0v) is 14.0. The van der Waals surface area contributed by atoms with Crippen molar-refractivity contribution in [3.63, 3.8) is 0 Å². The Morgan fingerprint density at radius 2 is 2.00 bits per heavy atom. The summed E-state index contributed by atoms with van der Waals surface area (Å²) in [6, 6.07) is 0. The van der Waals surface area contributed by atoms with Crippen molar-refractivity contribution in [3.05, 3.63) is 18.2 Å². The van der Waals surface area contributed by atoms with E-state index in [2.05, 4.69) is 15.3 Å². The molecule has 1 heterocycles. The van der Waals surface area contributed by atoms with Gasteiger partial charge in [-0.25, -0.2) is 9.78 Å². The summed E-state index contributed by atoms with van der Waals surface area (Å²) in [6.45, 7) is 13.6. The van der Waals surface area contributed by atoms with Gasteiger partial charge in [0.1, 0.15) is 11.4 Å². The molecule has 2 N–H and O–H groups in total. The Balaban J connectivity index is 2.49. The summed E-state index contributed by atoms with van der Waals surface area (Å²) in [5.74, 6) is 0.884. The Hall–Kier alpha value is -1.56. The first-order valence-electron chi connectivity index (χ1n) is 7.29. The number of amides is 1. The minimum Gasteiger partial charge on any atom is -0.444 e. The summed E-state index contributed by atoms with van der Waals surface area (Å²) < 4.78 is 5.47. The standard InChI is InChI=1S/C15H28N4O2/c1-14(2,3)19(13(20)21-15(4,5)6)10-9-16-11-12-17-7-8-18-12/h7-8,16H,9-11H2,1-6H3,(H,17,18). The molecule has 0 aromatic carbocycles. The molecule has 6 heteroatoms. The van der Waals surface area contributed by atoms with Gasteiger partial charge in [0.2, 0.25) is 0 Å². The van der Waals surface area contributed by atoms with Crippen molar-refractivity contribution in [2.75, 3.05) is 13.1 Å². The second-order valence-electron chi connectivity index (χ2n) is 7.02. The molecule has 120 valence electrons. The lowest BCUT2D eigenvalue weighted by Crippen LogP contribution is -2.50. The van der Waals surface area contributed by atoms with Crippen molar-refractivity contribution in [2.24, 2.45) is 0 Å². The van der Waals surface area contributed by atoms with Crippen LogP contribution in [0, 0.1) is 0 Å². The summed E-state index contributed by atoms with van der Waals surface area (Å²) >= 11 is 0. The van der Waals surface area contributed by atoms with Crippen molar-refractivity contribution >= 4 is 6.09 Å². The van der Waals surface area contributed by atoms with Crippen molar-refractivity contribution in [2.45, 2.75) is 59.2 Å². The third kappa shape index (κ3) is 6.62. The summed E-state index contributed by atoms with van der Waals surface area (Å²) in [6.07, 6.45) is 3.23. The van der Waals surface area contributed by atoms with Crippen molar-refractivity contribution in [3.8, 4) is 0 Å². The molecule has 0 unspecified atom stereocenters. The highest BCUT2D eigenvalue weighted by Gasteiger charge is 2.30. The number of hydrogen-bond acceptors (Lipinski definition) is 4. The molecule has 0 radical (unpaired) electrons. The van der Waals surface area contributed by atoms with E-state index < -0.39 is 5.60 Å². The highest BCUT2D eigenvalue weighted by molar-refractivity contribution is 5.69.